The summed E-state index contributed by atoms with van der Waals surface area (Å²) < 4.78 is 32.0. The van der Waals surface area contributed by atoms with Gasteiger partial charge in [0.1, 0.15) is 11.8 Å². The number of nitrogens with zero attached hydrogens (tertiary/aromatic N) is 2. The van der Waals surface area contributed by atoms with Crippen molar-refractivity contribution < 1.29 is 22.7 Å². The topological polar surface area (TPSA) is 96.0 Å². The number of carbonyl (C=O) groups excluding carboxylic acids is 2. The summed E-state index contributed by atoms with van der Waals surface area (Å²) in [6, 6.07) is 25.2. The number of hydrogen-bond acceptors (Lipinski definition) is 5. The minimum Gasteiger partial charge on any atom is -0.495 e. The highest BCUT2D eigenvalue weighted by Gasteiger charge is 2.31. The molecule has 0 radical (unpaired) electrons. The number of sulfonamides is 1. The Kier molecular flexibility index (Phi) is 11.1. The van der Waals surface area contributed by atoms with Crippen molar-refractivity contribution in [3.8, 4) is 5.75 Å². The summed E-state index contributed by atoms with van der Waals surface area (Å²) in [5, 5.41) is 2.98. The molecular weight excluding hydrogens is 526 g/mol. The van der Waals surface area contributed by atoms with Gasteiger partial charge in [0.15, 0.2) is 0 Å². The lowest BCUT2D eigenvalue weighted by atomic mass is 10.0. The quantitative estimate of drug-likeness (QED) is 0.313. The lowest BCUT2D eigenvalue weighted by Crippen LogP contribution is -2.51. The summed E-state index contributed by atoms with van der Waals surface area (Å²) in [4.78, 5) is 28.9. The summed E-state index contributed by atoms with van der Waals surface area (Å²) in [5.41, 5.74) is 2.26. The Morgan fingerprint density at radius 1 is 0.875 bits per heavy atom. The van der Waals surface area contributed by atoms with E-state index in [4.69, 9.17) is 4.74 Å². The van der Waals surface area contributed by atoms with E-state index in [0.717, 1.165) is 17.4 Å². The van der Waals surface area contributed by atoms with Gasteiger partial charge in [0, 0.05) is 32.0 Å². The zero-order valence-electron chi connectivity index (χ0n) is 23.6. The van der Waals surface area contributed by atoms with Crippen molar-refractivity contribution >= 4 is 27.5 Å². The molecule has 0 aliphatic rings. The van der Waals surface area contributed by atoms with Gasteiger partial charge in [-0.25, -0.2) is 8.42 Å². The van der Waals surface area contributed by atoms with E-state index in [2.05, 4.69) is 5.32 Å². The normalized spacial score (nSPS) is 12.0. The number of rotatable bonds is 14. The van der Waals surface area contributed by atoms with Crippen molar-refractivity contribution in [2.45, 2.75) is 51.7 Å². The monoisotopic (exact) mass is 565 g/mol. The third kappa shape index (κ3) is 8.84. The maximum atomic E-state index is 13.8. The zero-order chi connectivity index (χ0) is 29.1. The Balaban J connectivity index is 1.87. The van der Waals surface area contributed by atoms with Gasteiger partial charge in [-0.1, -0.05) is 72.8 Å². The van der Waals surface area contributed by atoms with Gasteiger partial charge in [-0.15, -0.1) is 0 Å². The average molecular weight is 566 g/mol. The first-order valence-electron chi connectivity index (χ1n) is 13.4. The molecule has 3 rings (SSSR count). The zero-order valence-corrected chi connectivity index (χ0v) is 24.4. The molecule has 214 valence electrons. The summed E-state index contributed by atoms with van der Waals surface area (Å²) in [7, 11) is -2.15. The van der Waals surface area contributed by atoms with Gasteiger partial charge in [0.2, 0.25) is 21.8 Å². The van der Waals surface area contributed by atoms with E-state index < -0.39 is 16.1 Å². The van der Waals surface area contributed by atoms with E-state index in [9.17, 15) is 18.0 Å². The van der Waals surface area contributed by atoms with Gasteiger partial charge in [-0.2, -0.15) is 0 Å². The van der Waals surface area contributed by atoms with Gasteiger partial charge < -0.3 is 15.0 Å². The smallest absolute Gasteiger partial charge is 0.243 e. The molecule has 0 saturated carbocycles. The third-order valence-corrected chi connectivity index (χ3v) is 7.58. The molecule has 2 amide bonds. The Bertz CT molecular complexity index is 1350. The molecule has 0 fully saturated rings. The van der Waals surface area contributed by atoms with Crippen molar-refractivity contribution in [1.82, 2.24) is 10.2 Å². The molecular formula is C31H39N3O5S. The van der Waals surface area contributed by atoms with Gasteiger partial charge in [0.25, 0.3) is 0 Å². The fraction of sp³-hybridized carbons (Fsp3) is 0.355. The molecule has 0 spiro atoms. The van der Waals surface area contributed by atoms with Crippen LogP contribution in [-0.4, -0.2) is 57.1 Å². The predicted molar refractivity (Wildman–Crippen MR) is 159 cm³/mol. The average Bonchev–Trinajstić information content (AvgIpc) is 2.93. The molecule has 9 heteroatoms. The lowest BCUT2D eigenvalue weighted by Gasteiger charge is -2.32. The highest BCUT2D eigenvalue weighted by atomic mass is 32.2. The van der Waals surface area contributed by atoms with E-state index in [1.165, 1.54) is 11.4 Å². The molecule has 1 N–H and O–H groups in total. The molecule has 40 heavy (non-hydrogen) atoms. The van der Waals surface area contributed by atoms with Crippen LogP contribution in [0, 0.1) is 0 Å². The van der Waals surface area contributed by atoms with Crippen molar-refractivity contribution in [1.29, 1.82) is 0 Å². The first kappa shape index (κ1) is 30.7. The molecule has 3 aromatic carbocycles. The minimum absolute atomic E-state index is 0.0637. The molecule has 3 aromatic rings. The maximum absolute atomic E-state index is 13.8. The van der Waals surface area contributed by atoms with E-state index in [1.54, 1.807) is 29.2 Å². The molecule has 8 nitrogen and oxygen atoms in total. The Morgan fingerprint density at radius 2 is 1.45 bits per heavy atom. The number of methoxy groups -OCH3 is 1. The fourth-order valence-corrected chi connectivity index (χ4v) is 5.50. The van der Waals surface area contributed by atoms with Crippen LogP contribution < -0.4 is 14.4 Å². The Labute approximate surface area is 238 Å². The number of ether oxygens (including phenoxy) is 1. The van der Waals surface area contributed by atoms with Crippen LogP contribution in [0.5, 0.6) is 5.75 Å². The Morgan fingerprint density at radius 3 is 2.02 bits per heavy atom. The van der Waals surface area contributed by atoms with E-state index in [-0.39, 0.29) is 43.8 Å². The first-order valence-corrected chi connectivity index (χ1v) is 15.2. The van der Waals surface area contributed by atoms with Crippen LogP contribution in [-0.2, 0) is 32.6 Å². The summed E-state index contributed by atoms with van der Waals surface area (Å²) >= 11 is 0. The van der Waals surface area contributed by atoms with Crippen LogP contribution in [0.3, 0.4) is 0 Å². The maximum Gasteiger partial charge on any atom is 0.243 e. The van der Waals surface area contributed by atoms with Crippen molar-refractivity contribution in [3.05, 3.63) is 96.1 Å². The van der Waals surface area contributed by atoms with Gasteiger partial charge >= 0.3 is 0 Å². The molecule has 0 saturated heterocycles. The molecule has 1 atom stereocenters. The van der Waals surface area contributed by atoms with Gasteiger partial charge in [-0.05, 0) is 43.5 Å². The van der Waals surface area contributed by atoms with E-state index in [1.807, 2.05) is 74.5 Å². The SMILES string of the molecule is COc1ccccc1N(CCCC(=O)N(Cc1ccccc1)[C@H](Cc1ccccc1)C(=O)NC(C)C)S(C)(=O)=O. The van der Waals surface area contributed by atoms with Crippen LogP contribution >= 0.6 is 0 Å². The number of benzene rings is 3. The molecule has 0 heterocycles. The lowest BCUT2D eigenvalue weighted by molar-refractivity contribution is -0.141. The van der Waals surface area contributed by atoms with Gasteiger partial charge in [0.05, 0.1) is 19.1 Å². The number of amides is 2. The standard InChI is InChI=1S/C31H39N3O5S/c1-24(2)32-31(36)28(22-25-14-7-5-8-15-25)33(23-26-16-9-6-10-17-26)30(35)20-13-21-34(40(4,37)38)27-18-11-12-19-29(27)39-3/h5-12,14-19,24,28H,13,20-23H2,1-4H3,(H,32,36)/t28-/m1/s1. The second kappa shape index (κ2) is 14.5. The van der Waals surface area contributed by atoms with Gasteiger partial charge in [-0.3, -0.25) is 13.9 Å². The minimum atomic E-state index is -3.64. The molecule has 0 aromatic heterocycles. The molecule has 0 aliphatic heterocycles. The van der Waals surface area contributed by atoms with Crippen LogP contribution in [0.15, 0.2) is 84.9 Å². The second-order valence-electron chi connectivity index (χ2n) is 9.99. The fourth-order valence-electron chi connectivity index (χ4n) is 4.53. The molecule has 0 unspecified atom stereocenters. The highest BCUT2D eigenvalue weighted by molar-refractivity contribution is 7.92. The summed E-state index contributed by atoms with van der Waals surface area (Å²) in [6.45, 7) is 4.12. The first-order chi connectivity index (χ1) is 19.1. The number of hydrogen-bond donors (Lipinski definition) is 1. The van der Waals surface area contributed by atoms with Crippen molar-refractivity contribution in [2.75, 3.05) is 24.2 Å². The largest absolute Gasteiger partial charge is 0.495 e. The summed E-state index contributed by atoms with van der Waals surface area (Å²) in [5.74, 6) is -0.0228. The van der Waals surface area contributed by atoms with Crippen LogP contribution in [0.25, 0.3) is 0 Å². The molecule has 0 aliphatic carbocycles. The number of anilines is 1. The number of carbonyl (C=O) groups is 2. The highest BCUT2D eigenvalue weighted by Crippen LogP contribution is 2.30. The van der Waals surface area contributed by atoms with Crippen LogP contribution in [0.2, 0.25) is 0 Å². The van der Waals surface area contributed by atoms with Crippen LogP contribution in [0.4, 0.5) is 5.69 Å². The van der Waals surface area contributed by atoms with E-state index >= 15 is 0 Å². The van der Waals surface area contributed by atoms with E-state index in [0.29, 0.717) is 17.9 Å². The van der Waals surface area contributed by atoms with Crippen molar-refractivity contribution in [3.63, 3.8) is 0 Å². The predicted octanol–water partition coefficient (Wildman–Crippen LogP) is 4.41. The molecule has 0 bridgehead atoms. The number of nitrogens with one attached hydrogen (secondary N) is 1. The van der Waals surface area contributed by atoms with Crippen molar-refractivity contribution in [2.24, 2.45) is 0 Å². The Hall–Kier alpha value is -3.85. The summed E-state index contributed by atoms with van der Waals surface area (Å²) in [6.07, 6.45) is 1.82. The third-order valence-electron chi connectivity index (χ3n) is 6.40. The van der Waals surface area contributed by atoms with Crippen LogP contribution in [0.1, 0.15) is 37.8 Å². The second-order valence-corrected chi connectivity index (χ2v) is 11.9. The number of para-hydroxylation sites is 2.